The van der Waals surface area contributed by atoms with E-state index in [2.05, 4.69) is 36.1 Å². The summed E-state index contributed by atoms with van der Waals surface area (Å²) in [5, 5.41) is 6.81. The van der Waals surface area contributed by atoms with Crippen molar-refractivity contribution < 1.29 is 19.0 Å². The van der Waals surface area contributed by atoms with Crippen LogP contribution in [-0.4, -0.2) is 69.7 Å². The van der Waals surface area contributed by atoms with Gasteiger partial charge in [0.1, 0.15) is 27.3 Å². The molecule has 10 heteroatoms. The molecule has 1 amide bonds. The summed E-state index contributed by atoms with van der Waals surface area (Å²) in [4.78, 5) is 21.7. The zero-order chi connectivity index (χ0) is 19.3. The van der Waals surface area contributed by atoms with Gasteiger partial charge in [0.15, 0.2) is 0 Å². The number of amides is 1. The molecule has 0 saturated carbocycles. The van der Waals surface area contributed by atoms with E-state index in [9.17, 15) is 4.79 Å². The van der Waals surface area contributed by atoms with Gasteiger partial charge in [0.25, 0.3) is 0 Å². The van der Waals surface area contributed by atoms with Crippen molar-refractivity contribution in [1.29, 1.82) is 0 Å². The molecule has 0 aliphatic heterocycles. The summed E-state index contributed by atoms with van der Waals surface area (Å²) >= 11 is 3.33. The van der Waals surface area contributed by atoms with Crippen LogP contribution in [0.1, 0.15) is 27.7 Å². The van der Waals surface area contributed by atoms with Crippen LogP contribution in [0.2, 0.25) is 0 Å². The van der Waals surface area contributed by atoms with Crippen LogP contribution < -0.4 is 4.74 Å². The number of hydrogen-bond acceptors (Lipinski definition) is 7. The number of aromatic nitrogens is 4. The Kier molecular flexibility index (Phi) is 6.76. The van der Waals surface area contributed by atoms with Crippen molar-refractivity contribution in [3.8, 4) is 6.01 Å². The van der Waals surface area contributed by atoms with Crippen LogP contribution in [0.15, 0.2) is 10.8 Å². The lowest BCUT2D eigenvalue weighted by molar-refractivity contribution is 0.0160. The van der Waals surface area contributed by atoms with Gasteiger partial charge in [-0.15, -0.1) is 0 Å². The van der Waals surface area contributed by atoms with Crippen LogP contribution >= 0.6 is 15.9 Å². The van der Waals surface area contributed by atoms with Crippen molar-refractivity contribution in [1.82, 2.24) is 25.1 Å². The summed E-state index contributed by atoms with van der Waals surface area (Å²) in [6.07, 6.45) is 0.963. The second kappa shape index (κ2) is 8.63. The lowest BCUT2D eigenvalue weighted by atomic mass is 10.2. The average Bonchev–Trinajstić information content (AvgIpc) is 2.90. The van der Waals surface area contributed by atoms with Gasteiger partial charge in [-0.1, -0.05) is 0 Å². The third kappa shape index (κ3) is 6.10. The van der Waals surface area contributed by atoms with Gasteiger partial charge in [-0.3, -0.25) is 5.10 Å². The topological polar surface area (TPSA) is 102 Å². The largest absolute Gasteiger partial charge is 0.458 e. The molecule has 1 atom stereocenters. The molecule has 2 aromatic rings. The van der Waals surface area contributed by atoms with Gasteiger partial charge in [0, 0.05) is 13.6 Å². The van der Waals surface area contributed by atoms with E-state index in [1.54, 1.807) is 13.2 Å². The highest BCUT2D eigenvalue weighted by Gasteiger charge is 2.19. The predicted octanol–water partition coefficient (Wildman–Crippen LogP) is 2.77. The third-order valence-electron chi connectivity index (χ3n) is 3.17. The molecule has 0 fully saturated rings. The van der Waals surface area contributed by atoms with Crippen molar-refractivity contribution in [3.05, 3.63) is 10.8 Å². The summed E-state index contributed by atoms with van der Waals surface area (Å²) < 4.78 is 17.2. The molecule has 26 heavy (non-hydrogen) atoms. The Labute approximate surface area is 160 Å². The van der Waals surface area contributed by atoms with Crippen LogP contribution in [0.3, 0.4) is 0 Å². The first-order valence-corrected chi connectivity index (χ1v) is 9.00. The fraction of sp³-hybridized carbons (Fsp3) is 0.625. The molecule has 0 aliphatic rings. The summed E-state index contributed by atoms with van der Waals surface area (Å²) in [6, 6.07) is 0.251. The SMILES string of the molecule is C[C@H](COCCN(C)C(=O)OC(C)(C)C)Oc1ncc2n[nH]c(Br)c2n1. The molecule has 2 aromatic heterocycles. The van der Waals surface area contributed by atoms with E-state index in [4.69, 9.17) is 14.2 Å². The van der Waals surface area contributed by atoms with E-state index >= 15 is 0 Å². The lowest BCUT2D eigenvalue weighted by Crippen LogP contribution is -2.36. The number of nitrogens with one attached hydrogen (secondary N) is 1. The average molecular weight is 430 g/mol. The van der Waals surface area contributed by atoms with E-state index < -0.39 is 5.60 Å². The zero-order valence-electron chi connectivity index (χ0n) is 15.6. The number of H-pyrrole nitrogens is 1. The van der Waals surface area contributed by atoms with Crippen LogP contribution in [0.25, 0.3) is 11.0 Å². The number of fused-ring (bicyclic) bond motifs is 1. The molecule has 0 saturated heterocycles. The van der Waals surface area contributed by atoms with Crippen molar-refractivity contribution in [3.63, 3.8) is 0 Å². The summed E-state index contributed by atoms with van der Waals surface area (Å²) in [5.74, 6) is 0. The van der Waals surface area contributed by atoms with Crippen molar-refractivity contribution in [2.75, 3.05) is 26.8 Å². The standard InChI is InChI=1S/C16H24BrN5O4/c1-10(9-24-7-6-22(5)15(23)26-16(2,3)4)25-14-18-8-11-12(19-14)13(17)21-20-11/h8,10H,6-7,9H2,1-5H3,(H,20,21)/t10-/m1/s1. The Morgan fingerprint density at radius 1 is 1.42 bits per heavy atom. The summed E-state index contributed by atoms with van der Waals surface area (Å²) in [6.45, 7) is 8.48. The van der Waals surface area contributed by atoms with Crippen molar-refractivity contribution in [2.24, 2.45) is 0 Å². The van der Waals surface area contributed by atoms with Crippen molar-refractivity contribution in [2.45, 2.75) is 39.4 Å². The molecule has 0 aromatic carbocycles. The molecule has 1 N–H and O–H groups in total. The number of nitrogens with zero attached hydrogens (tertiary/aromatic N) is 4. The normalized spacial score (nSPS) is 12.8. The molecule has 0 spiro atoms. The Bertz CT molecular complexity index is 746. The van der Waals surface area contributed by atoms with E-state index in [0.717, 1.165) is 0 Å². The molecule has 0 radical (unpaired) electrons. The van der Waals surface area contributed by atoms with Crippen LogP contribution in [0.5, 0.6) is 6.01 Å². The Morgan fingerprint density at radius 3 is 2.85 bits per heavy atom. The van der Waals surface area contributed by atoms with Crippen LogP contribution in [-0.2, 0) is 9.47 Å². The third-order valence-corrected chi connectivity index (χ3v) is 3.72. The quantitative estimate of drug-likeness (QED) is 0.674. The second-order valence-electron chi connectivity index (χ2n) is 6.83. The maximum Gasteiger partial charge on any atom is 0.410 e. The van der Waals surface area contributed by atoms with Gasteiger partial charge in [-0.25, -0.2) is 9.78 Å². The van der Waals surface area contributed by atoms with E-state index in [0.29, 0.717) is 35.4 Å². The van der Waals surface area contributed by atoms with E-state index in [1.165, 1.54) is 4.90 Å². The number of ether oxygens (including phenoxy) is 3. The maximum atomic E-state index is 11.8. The first-order valence-electron chi connectivity index (χ1n) is 8.21. The van der Waals surface area contributed by atoms with Gasteiger partial charge in [0.2, 0.25) is 0 Å². The minimum Gasteiger partial charge on any atom is -0.458 e. The maximum absolute atomic E-state index is 11.8. The molecular formula is C16H24BrN5O4. The summed E-state index contributed by atoms with van der Waals surface area (Å²) in [5.41, 5.74) is 0.792. The highest BCUT2D eigenvalue weighted by molar-refractivity contribution is 9.10. The van der Waals surface area contributed by atoms with Crippen molar-refractivity contribution >= 4 is 33.1 Å². The first-order chi connectivity index (χ1) is 12.2. The molecular weight excluding hydrogens is 406 g/mol. The smallest absolute Gasteiger partial charge is 0.410 e. The molecule has 0 unspecified atom stereocenters. The van der Waals surface area contributed by atoms with Gasteiger partial charge in [-0.2, -0.15) is 10.1 Å². The molecule has 0 aliphatic carbocycles. The molecule has 144 valence electrons. The zero-order valence-corrected chi connectivity index (χ0v) is 17.2. The summed E-state index contributed by atoms with van der Waals surface area (Å²) in [7, 11) is 1.67. The monoisotopic (exact) mass is 429 g/mol. The van der Waals surface area contributed by atoms with Crippen LogP contribution in [0.4, 0.5) is 4.79 Å². The minimum atomic E-state index is -0.514. The molecule has 9 nitrogen and oxygen atoms in total. The van der Waals surface area contributed by atoms with E-state index in [1.807, 2.05) is 27.7 Å². The van der Waals surface area contributed by atoms with Gasteiger partial charge < -0.3 is 19.1 Å². The minimum absolute atomic E-state index is 0.245. The Hall–Kier alpha value is -1.94. The number of rotatable bonds is 7. The number of carbonyl (C=O) groups excluding carboxylic acids is 1. The Balaban J connectivity index is 1.72. The second-order valence-corrected chi connectivity index (χ2v) is 7.62. The van der Waals surface area contributed by atoms with E-state index in [-0.39, 0.29) is 18.2 Å². The lowest BCUT2D eigenvalue weighted by Gasteiger charge is -2.24. The Morgan fingerprint density at radius 2 is 2.15 bits per heavy atom. The predicted molar refractivity (Wildman–Crippen MR) is 99.2 cm³/mol. The van der Waals surface area contributed by atoms with Crippen LogP contribution in [0, 0.1) is 0 Å². The van der Waals surface area contributed by atoms with Gasteiger partial charge in [0.05, 0.1) is 19.4 Å². The fourth-order valence-corrected chi connectivity index (χ4v) is 2.30. The fourth-order valence-electron chi connectivity index (χ4n) is 1.92. The van der Waals surface area contributed by atoms with Gasteiger partial charge in [-0.05, 0) is 43.6 Å². The molecule has 0 bridgehead atoms. The van der Waals surface area contributed by atoms with Gasteiger partial charge >= 0.3 is 12.1 Å². The number of carbonyl (C=O) groups is 1. The first kappa shape index (κ1) is 20.4. The number of likely N-dealkylation sites (N-methyl/N-ethyl adjacent to an activating group) is 1. The number of halogens is 1. The number of aromatic amines is 1. The highest BCUT2D eigenvalue weighted by atomic mass is 79.9. The number of hydrogen-bond donors (Lipinski definition) is 1. The molecule has 2 rings (SSSR count). The highest BCUT2D eigenvalue weighted by Crippen LogP contribution is 2.20. The molecule has 2 heterocycles.